The van der Waals surface area contributed by atoms with Crippen LogP contribution in [0.25, 0.3) is 31.7 Å². The summed E-state index contributed by atoms with van der Waals surface area (Å²) in [6.45, 7) is 0.545. The number of hydrogen-bond donors (Lipinski definition) is 2. The molecular formula is C21H20N4OS. The van der Waals surface area contributed by atoms with E-state index in [0.29, 0.717) is 6.54 Å². The third-order valence-corrected chi connectivity index (χ3v) is 6.25. The van der Waals surface area contributed by atoms with Gasteiger partial charge in [-0.1, -0.05) is 30.3 Å². The number of aliphatic hydroxyl groups excluding tert-OH is 1. The van der Waals surface area contributed by atoms with Gasteiger partial charge >= 0.3 is 0 Å². The first-order chi connectivity index (χ1) is 13.4. The molecule has 1 aliphatic carbocycles. The maximum absolute atomic E-state index is 9.15. The average Bonchev–Trinajstić information content (AvgIpc) is 3.11. The Hall–Kier alpha value is -2.57. The predicted octanol–water partition coefficient (Wildman–Crippen LogP) is 4.19. The second-order valence-electron chi connectivity index (χ2n) is 6.82. The number of pyridine rings is 1. The highest BCUT2D eigenvalue weighted by Crippen LogP contribution is 2.42. The maximum atomic E-state index is 9.15. The number of thiophene rings is 1. The van der Waals surface area contributed by atoms with E-state index in [9.17, 15) is 0 Å². The van der Waals surface area contributed by atoms with Crippen molar-refractivity contribution in [1.29, 1.82) is 0 Å². The number of nitrogens with zero attached hydrogens (tertiary/aromatic N) is 3. The third-order valence-electron chi connectivity index (χ3n) is 5.17. The summed E-state index contributed by atoms with van der Waals surface area (Å²) in [5.41, 5.74) is 6.06. The molecule has 4 aromatic rings. The molecular weight excluding hydrogens is 356 g/mol. The fourth-order valence-electron chi connectivity index (χ4n) is 3.99. The molecule has 27 heavy (non-hydrogen) atoms. The molecule has 0 spiro atoms. The fraction of sp³-hybridized carbons (Fsp3) is 0.286. The lowest BCUT2D eigenvalue weighted by atomic mass is 9.87. The number of anilines is 1. The van der Waals surface area contributed by atoms with E-state index in [0.717, 1.165) is 39.4 Å². The van der Waals surface area contributed by atoms with E-state index < -0.39 is 0 Å². The van der Waals surface area contributed by atoms with Crippen molar-refractivity contribution in [3.63, 3.8) is 0 Å². The Kier molecular flexibility index (Phi) is 4.22. The van der Waals surface area contributed by atoms with Gasteiger partial charge in [0, 0.05) is 17.5 Å². The largest absolute Gasteiger partial charge is 0.395 e. The molecule has 0 saturated carbocycles. The van der Waals surface area contributed by atoms with Crippen LogP contribution in [0.3, 0.4) is 0 Å². The molecule has 3 aromatic heterocycles. The number of fused-ring (bicyclic) bond motifs is 5. The van der Waals surface area contributed by atoms with Gasteiger partial charge in [-0.25, -0.2) is 15.0 Å². The summed E-state index contributed by atoms with van der Waals surface area (Å²) in [6, 6.07) is 10.5. The van der Waals surface area contributed by atoms with Gasteiger partial charge in [0.2, 0.25) is 0 Å². The molecule has 5 nitrogen and oxygen atoms in total. The number of aryl methyl sites for hydroxylation is 1. The minimum absolute atomic E-state index is 0.0716. The van der Waals surface area contributed by atoms with Crippen molar-refractivity contribution >= 4 is 37.6 Å². The molecule has 0 bridgehead atoms. The summed E-state index contributed by atoms with van der Waals surface area (Å²) >= 11 is 1.64. The maximum Gasteiger partial charge on any atom is 0.147 e. The van der Waals surface area contributed by atoms with Gasteiger partial charge in [0.1, 0.15) is 17.0 Å². The minimum Gasteiger partial charge on any atom is -0.395 e. The van der Waals surface area contributed by atoms with Crippen LogP contribution in [0.4, 0.5) is 5.82 Å². The fourth-order valence-corrected chi connectivity index (χ4v) is 5.12. The lowest BCUT2D eigenvalue weighted by molar-refractivity contribution is 0.311. The monoisotopic (exact) mass is 376 g/mol. The van der Waals surface area contributed by atoms with Crippen molar-refractivity contribution < 1.29 is 5.11 Å². The average molecular weight is 376 g/mol. The quantitative estimate of drug-likeness (QED) is 0.559. The van der Waals surface area contributed by atoms with E-state index in [1.807, 2.05) is 6.07 Å². The highest BCUT2D eigenvalue weighted by molar-refractivity contribution is 7.26. The van der Waals surface area contributed by atoms with Crippen LogP contribution >= 0.6 is 11.3 Å². The molecule has 0 saturated heterocycles. The summed E-state index contributed by atoms with van der Waals surface area (Å²) in [7, 11) is 0. The Balaban J connectivity index is 1.81. The number of rotatable bonds is 4. The van der Waals surface area contributed by atoms with Crippen LogP contribution in [0.1, 0.15) is 24.0 Å². The van der Waals surface area contributed by atoms with E-state index in [4.69, 9.17) is 10.1 Å². The second kappa shape index (κ2) is 6.87. The molecule has 3 heterocycles. The molecule has 2 N–H and O–H groups in total. The molecule has 0 unspecified atom stereocenters. The van der Waals surface area contributed by atoms with E-state index in [1.165, 1.54) is 34.9 Å². The molecule has 1 aromatic carbocycles. The molecule has 0 radical (unpaired) electrons. The highest BCUT2D eigenvalue weighted by Gasteiger charge is 2.23. The summed E-state index contributed by atoms with van der Waals surface area (Å²) in [5, 5.41) is 13.5. The van der Waals surface area contributed by atoms with Crippen LogP contribution < -0.4 is 5.32 Å². The zero-order valence-electron chi connectivity index (χ0n) is 14.9. The summed E-state index contributed by atoms with van der Waals surface area (Å²) in [5.74, 6) is 0.780. The van der Waals surface area contributed by atoms with Gasteiger partial charge in [0.25, 0.3) is 0 Å². The number of aliphatic hydroxyl groups is 1. The van der Waals surface area contributed by atoms with E-state index in [-0.39, 0.29) is 6.61 Å². The Labute approximate surface area is 161 Å². The number of nitrogens with one attached hydrogen (secondary N) is 1. The van der Waals surface area contributed by atoms with E-state index in [1.54, 1.807) is 17.7 Å². The standard InChI is InChI=1S/C21H20N4OS/c26-11-10-22-20-19-18(23-12-24-20)16-14-8-4-5-9-15(14)17(25-21(16)27-19)13-6-2-1-3-7-13/h1-3,6-7,12,26H,4-5,8-11H2,(H,22,23,24). The zero-order chi connectivity index (χ0) is 18.2. The Bertz CT molecular complexity index is 1120. The van der Waals surface area contributed by atoms with Crippen LogP contribution in [0.5, 0.6) is 0 Å². The minimum atomic E-state index is 0.0716. The van der Waals surface area contributed by atoms with Crippen molar-refractivity contribution in [3.8, 4) is 11.3 Å². The zero-order valence-corrected chi connectivity index (χ0v) is 15.7. The van der Waals surface area contributed by atoms with Gasteiger partial charge < -0.3 is 10.4 Å². The molecule has 136 valence electrons. The SMILES string of the molecule is OCCNc1ncnc2c1sc1nc(-c3ccccc3)c3c(c12)CCCC3. The summed E-state index contributed by atoms with van der Waals surface area (Å²) < 4.78 is 1.02. The topological polar surface area (TPSA) is 70.9 Å². The Morgan fingerprint density at radius 3 is 2.67 bits per heavy atom. The third kappa shape index (κ3) is 2.76. The van der Waals surface area contributed by atoms with Crippen LogP contribution in [0.2, 0.25) is 0 Å². The van der Waals surface area contributed by atoms with E-state index in [2.05, 4.69) is 39.6 Å². The van der Waals surface area contributed by atoms with Gasteiger partial charge in [-0.05, 0) is 36.8 Å². The van der Waals surface area contributed by atoms with Crippen LogP contribution in [-0.2, 0) is 12.8 Å². The Morgan fingerprint density at radius 2 is 1.85 bits per heavy atom. The van der Waals surface area contributed by atoms with Crippen molar-refractivity contribution in [3.05, 3.63) is 47.8 Å². The van der Waals surface area contributed by atoms with Gasteiger partial charge in [-0.3, -0.25) is 0 Å². The lowest BCUT2D eigenvalue weighted by Gasteiger charge is -2.20. The smallest absolute Gasteiger partial charge is 0.147 e. The first kappa shape index (κ1) is 16.6. The van der Waals surface area contributed by atoms with Crippen molar-refractivity contribution in [2.45, 2.75) is 25.7 Å². The van der Waals surface area contributed by atoms with Crippen LogP contribution in [0, 0.1) is 0 Å². The van der Waals surface area contributed by atoms with Gasteiger partial charge in [0.05, 0.1) is 22.5 Å². The second-order valence-corrected chi connectivity index (χ2v) is 7.82. The first-order valence-electron chi connectivity index (χ1n) is 9.36. The first-order valence-corrected chi connectivity index (χ1v) is 10.2. The van der Waals surface area contributed by atoms with Crippen LogP contribution in [0.15, 0.2) is 36.7 Å². The van der Waals surface area contributed by atoms with E-state index >= 15 is 0 Å². The molecule has 0 atom stereocenters. The number of hydrogen-bond acceptors (Lipinski definition) is 6. The predicted molar refractivity (Wildman–Crippen MR) is 110 cm³/mol. The molecule has 0 amide bonds. The Morgan fingerprint density at radius 1 is 1.04 bits per heavy atom. The molecule has 0 fully saturated rings. The molecule has 1 aliphatic rings. The van der Waals surface area contributed by atoms with Crippen molar-refractivity contribution in [2.75, 3.05) is 18.5 Å². The molecule has 6 heteroatoms. The molecule has 5 rings (SSSR count). The van der Waals surface area contributed by atoms with Gasteiger partial charge in [-0.15, -0.1) is 11.3 Å². The number of aromatic nitrogens is 3. The normalized spacial score (nSPS) is 13.8. The van der Waals surface area contributed by atoms with Gasteiger partial charge in [-0.2, -0.15) is 0 Å². The number of benzene rings is 1. The van der Waals surface area contributed by atoms with Gasteiger partial charge in [0.15, 0.2) is 0 Å². The highest BCUT2D eigenvalue weighted by atomic mass is 32.1. The summed E-state index contributed by atoms with van der Waals surface area (Å²) in [6.07, 6.45) is 6.16. The molecule has 0 aliphatic heterocycles. The van der Waals surface area contributed by atoms with Crippen molar-refractivity contribution in [2.24, 2.45) is 0 Å². The van der Waals surface area contributed by atoms with Crippen LogP contribution in [-0.4, -0.2) is 33.2 Å². The van der Waals surface area contributed by atoms with Crippen molar-refractivity contribution in [1.82, 2.24) is 15.0 Å². The lowest BCUT2D eigenvalue weighted by Crippen LogP contribution is -2.07. The summed E-state index contributed by atoms with van der Waals surface area (Å²) in [4.78, 5) is 15.1.